The van der Waals surface area contributed by atoms with Crippen molar-refractivity contribution in [2.75, 3.05) is 6.54 Å². The Labute approximate surface area is 154 Å². The maximum Gasteiger partial charge on any atom is 0.252 e. The van der Waals surface area contributed by atoms with Crippen LogP contribution in [0.3, 0.4) is 0 Å². The molecule has 24 heavy (non-hydrogen) atoms. The lowest BCUT2D eigenvalue weighted by molar-refractivity contribution is 0.0954. The maximum absolute atomic E-state index is 12.2. The summed E-state index contributed by atoms with van der Waals surface area (Å²) in [6.45, 7) is 0.486. The fraction of sp³-hybridized carbons (Fsp3) is 0.111. The predicted octanol–water partition coefficient (Wildman–Crippen LogP) is 5.09. The summed E-state index contributed by atoms with van der Waals surface area (Å²) in [6, 6.07) is 14.9. The molecule has 0 aliphatic heterocycles. The third kappa shape index (κ3) is 4.15. The highest BCUT2D eigenvalue weighted by molar-refractivity contribution is 7.13. The molecule has 3 aromatic rings. The van der Waals surface area contributed by atoms with Crippen molar-refractivity contribution >= 4 is 40.4 Å². The van der Waals surface area contributed by atoms with Crippen molar-refractivity contribution in [2.45, 2.75) is 6.42 Å². The van der Waals surface area contributed by atoms with E-state index in [9.17, 15) is 4.79 Å². The molecule has 1 N–H and O–H groups in total. The summed E-state index contributed by atoms with van der Waals surface area (Å²) in [6.07, 6.45) is 0.660. The van der Waals surface area contributed by atoms with Gasteiger partial charge in [0.1, 0.15) is 5.01 Å². The molecule has 122 valence electrons. The monoisotopic (exact) mass is 376 g/mol. The Morgan fingerprint density at radius 2 is 1.92 bits per heavy atom. The van der Waals surface area contributed by atoms with Gasteiger partial charge in [-0.2, -0.15) is 0 Å². The van der Waals surface area contributed by atoms with Gasteiger partial charge in [-0.05, 0) is 18.2 Å². The van der Waals surface area contributed by atoms with Crippen LogP contribution in [0.1, 0.15) is 16.1 Å². The largest absolute Gasteiger partial charge is 0.352 e. The first-order chi connectivity index (χ1) is 11.6. The van der Waals surface area contributed by atoms with Crippen LogP contribution in [0.25, 0.3) is 10.6 Å². The van der Waals surface area contributed by atoms with Gasteiger partial charge in [0.25, 0.3) is 5.91 Å². The first-order valence-corrected chi connectivity index (χ1v) is 9.00. The number of hydrogen-bond donors (Lipinski definition) is 1. The number of hydrogen-bond acceptors (Lipinski definition) is 3. The lowest BCUT2D eigenvalue weighted by Crippen LogP contribution is -2.26. The number of nitrogens with zero attached hydrogens (tertiary/aromatic N) is 1. The van der Waals surface area contributed by atoms with E-state index in [4.69, 9.17) is 23.2 Å². The third-order valence-corrected chi connectivity index (χ3v) is 4.92. The van der Waals surface area contributed by atoms with Gasteiger partial charge in [-0.3, -0.25) is 4.79 Å². The van der Waals surface area contributed by atoms with Crippen molar-refractivity contribution in [1.82, 2.24) is 10.3 Å². The minimum absolute atomic E-state index is 0.235. The summed E-state index contributed by atoms with van der Waals surface area (Å²) in [7, 11) is 0. The molecule has 1 heterocycles. The van der Waals surface area contributed by atoms with Crippen LogP contribution in [0, 0.1) is 0 Å². The van der Waals surface area contributed by atoms with Gasteiger partial charge in [-0.25, -0.2) is 4.98 Å². The van der Waals surface area contributed by atoms with E-state index in [0.29, 0.717) is 28.6 Å². The van der Waals surface area contributed by atoms with Gasteiger partial charge in [0.2, 0.25) is 0 Å². The highest BCUT2D eigenvalue weighted by Gasteiger charge is 2.11. The van der Waals surface area contributed by atoms with E-state index in [1.807, 2.05) is 35.7 Å². The number of nitrogens with one attached hydrogen (secondary N) is 1. The molecule has 3 nitrogen and oxygen atoms in total. The van der Waals surface area contributed by atoms with E-state index in [1.54, 1.807) is 29.5 Å². The van der Waals surface area contributed by atoms with E-state index >= 15 is 0 Å². The van der Waals surface area contributed by atoms with E-state index in [0.717, 1.165) is 16.3 Å². The van der Waals surface area contributed by atoms with Crippen molar-refractivity contribution < 1.29 is 4.79 Å². The Kier molecular flexibility index (Phi) is 5.51. The molecule has 0 fully saturated rings. The van der Waals surface area contributed by atoms with E-state index in [1.165, 1.54) is 0 Å². The van der Waals surface area contributed by atoms with Crippen molar-refractivity contribution in [3.05, 3.63) is 75.2 Å². The van der Waals surface area contributed by atoms with Crippen molar-refractivity contribution in [1.29, 1.82) is 0 Å². The standard InChI is InChI=1S/C18H14Cl2N2OS/c19-13-6-7-16(20)15(10-13)17(23)21-9-8-14-11-24-18(22-14)12-4-2-1-3-5-12/h1-7,10-11H,8-9H2,(H,21,23). The van der Waals surface area contributed by atoms with Gasteiger partial charge in [-0.1, -0.05) is 53.5 Å². The summed E-state index contributed by atoms with van der Waals surface area (Å²) >= 11 is 13.5. The summed E-state index contributed by atoms with van der Waals surface area (Å²) in [4.78, 5) is 16.8. The van der Waals surface area contributed by atoms with Gasteiger partial charge in [0, 0.05) is 28.9 Å². The first-order valence-electron chi connectivity index (χ1n) is 7.36. The summed E-state index contributed by atoms with van der Waals surface area (Å²) in [5.74, 6) is -0.235. The first kappa shape index (κ1) is 17.0. The minimum atomic E-state index is -0.235. The Balaban J connectivity index is 1.58. The zero-order chi connectivity index (χ0) is 16.9. The van der Waals surface area contributed by atoms with Gasteiger partial charge in [0.15, 0.2) is 0 Å². The van der Waals surface area contributed by atoms with E-state index in [-0.39, 0.29) is 5.91 Å². The average molecular weight is 377 g/mol. The fourth-order valence-corrected chi connectivity index (χ4v) is 3.44. The number of thiazole rings is 1. The zero-order valence-electron chi connectivity index (χ0n) is 12.6. The normalized spacial score (nSPS) is 10.6. The summed E-state index contributed by atoms with van der Waals surface area (Å²) in [5, 5.41) is 6.71. The van der Waals surface area contributed by atoms with Crippen LogP contribution in [0.2, 0.25) is 10.0 Å². The molecular formula is C18H14Cl2N2OS. The molecule has 0 spiro atoms. The van der Waals surface area contributed by atoms with Crippen molar-refractivity contribution in [2.24, 2.45) is 0 Å². The van der Waals surface area contributed by atoms with Crippen molar-refractivity contribution in [3.8, 4) is 10.6 Å². The molecule has 0 aliphatic rings. The van der Waals surface area contributed by atoms with Crippen LogP contribution in [0.5, 0.6) is 0 Å². The van der Waals surface area contributed by atoms with Crippen LogP contribution in [-0.4, -0.2) is 17.4 Å². The van der Waals surface area contributed by atoms with E-state index in [2.05, 4.69) is 10.3 Å². The smallest absolute Gasteiger partial charge is 0.252 e. The lowest BCUT2D eigenvalue weighted by Gasteiger charge is -2.06. The van der Waals surface area contributed by atoms with Crippen LogP contribution < -0.4 is 5.32 Å². The highest BCUT2D eigenvalue weighted by Crippen LogP contribution is 2.23. The number of halogens is 2. The molecule has 0 atom stereocenters. The summed E-state index contributed by atoms with van der Waals surface area (Å²) in [5.41, 5.74) is 2.44. The number of carbonyl (C=O) groups excluding carboxylic acids is 1. The van der Waals surface area contributed by atoms with Gasteiger partial charge in [0.05, 0.1) is 16.3 Å². The molecule has 0 unspecified atom stereocenters. The number of benzene rings is 2. The summed E-state index contributed by atoms with van der Waals surface area (Å²) < 4.78 is 0. The predicted molar refractivity (Wildman–Crippen MR) is 100 cm³/mol. The Hall–Kier alpha value is -1.88. The van der Waals surface area contributed by atoms with E-state index < -0.39 is 0 Å². The molecule has 0 saturated carbocycles. The lowest BCUT2D eigenvalue weighted by atomic mass is 10.2. The van der Waals surface area contributed by atoms with Crippen LogP contribution in [0.4, 0.5) is 0 Å². The van der Waals surface area contributed by atoms with Gasteiger partial charge in [-0.15, -0.1) is 11.3 Å². The van der Waals surface area contributed by atoms with Gasteiger partial charge < -0.3 is 5.32 Å². The molecule has 0 bridgehead atoms. The van der Waals surface area contributed by atoms with Gasteiger partial charge >= 0.3 is 0 Å². The van der Waals surface area contributed by atoms with Crippen LogP contribution in [-0.2, 0) is 6.42 Å². The Morgan fingerprint density at radius 1 is 1.12 bits per heavy atom. The number of carbonyl (C=O) groups is 1. The topological polar surface area (TPSA) is 42.0 Å². The Bertz CT molecular complexity index is 849. The molecular weight excluding hydrogens is 363 g/mol. The molecule has 1 amide bonds. The zero-order valence-corrected chi connectivity index (χ0v) is 15.0. The van der Waals surface area contributed by atoms with Crippen LogP contribution in [0.15, 0.2) is 53.9 Å². The fourth-order valence-electron chi connectivity index (χ4n) is 2.21. The maximum atomic E-state index is 12.2. The highest BCUT2D eigenvalue weighted by atomic mass is 35.5. The number of rotatable bonds is 5. The third-order valence-electron chi connectivity index (χ3n) is 3.41. The molecule has 0 radical (unpaired) electrons. The second kappa shape index (κ2) is 7.79. The molecule has 1 aromatic heterocycles. The molecule has 0 saturated heterocycles. The second-order valence-electron chi connectivity index (χ2n) is 5.14. The molecule has 3 rings (SSSR count). The van der Waals surface area contributed by atoms with Crippen LogP contribution >= 0.6 is 34.5 Å². The second-order valence-corrected chi connectivity index (χ2v) is 6.84. The molecule has 0 aliphatic carbocycles. The molecule has 6 heteroatoms. The number of amides is 1. The molecule has 2 aromatic carbocycles. The van der Waals surface area contributed by atoms with Crippen molar-refractivity contribution in [3.63, 3.8) is 0 Å². The Morgan fingerprint density at radius 3 is 2.71 bits per heavy atom. The number of aromatic nitrogens is 1. The SMILES string of the molecule is O=C(NCCc1csc(-c2ccccc2)n1)c1cc(Cl)ccc1Cl. The minimum Gasteiger partial charge on any atom is -0.352 e. The quantitative estimate of drug-likeness (QED) is 0.673. The average Bonchev–Trinajstić information content (AvgIpc) is 3.06.